The summed E-state index contributed by atoms with van der Waals surface area (Å²) in [5, 5.41) is 1.23. The van der Waals surface area contributed by atoms with Gasteiger partial charge in [0.25, 0.3) is 0 Å². The predicted molar refractivity (Wildman–Crippen MR) is 116 cm³/mol. The Morgan fingerprint density at radius 3 is 2.79 bits per heavy atom. The van der Waals surface area contributed by atoms with Crippen LogP contribution in [0.2, 0.25) is 0 Å². The lowest BCUT2D eigenvalue weighted by Crippen LogP contribution is -2.23. The highest BCUT2D eigenvalue weighted by Crippen LogP contribution is 2.32. The summed E-state index contributed by atoms with van der Waals surface area (Å²) in [6, 6.07) is 12.8. The second-order valence-electron chi connectivity index (χ2n) is 6.64. The minimum atomic E-state index is -0.327. The fourth-order valence-electron chi connectivity index (χ4n) is 3.76. The average molecular weight is 431 g/mol. The number of ether oxygens (including phenoxy) is 1. The maximum Gasteiger partial charge on any atom is 0.310 e. The lowest BCUT2D eigenvalue weighted by atomic mass is 10.1. The third-order valence-electron chi connectivity index (χ3n) is 4.93. The Bertz CT molecular complexity index is 1090. The highest BCUT2D eigenvalue weighted by molar-refractivity contribution is 8.00. The fourth-order valence-corrected chi connectivity index (χ4v) is 4.59. The molecule has 2 heterocycles. The summed E-state index contributed by atoms with van der Waals surface area (Å²) in [6.07, 6.45) is 0.809. The molecule has 1 aliphatic rings. The molecule has 0 aliphatic carbocycles. The van der Waals surface area contributed by atoms with Crippen molar-refractivity contribution >= 4 is 46.1 Å². The van der Waals surface area contributed by atoms with E-state index in [0.717, 1.165) is 38.5 Å². The summed E-state index contributed by atoms with van der Waals surface area (Å²) in [7, 11) is 0. The molecule has 0 fully saturated rings. The van der Waals surface area contributed by atoms with Crippen molar-refractivity contribution in [3.8, 4) is 0 Å². The van der Waals surface area contributed by atoms with Crippen molar-refractivity contribution in [1.82, 2.24) is 4.57 Å². The Balaban J connectivity index is 1.84. The van der Waals surface area contributed by atoms with E-state index in [1.807, 2.05) is 24.3 Å². The van der Waals surface area contributed by atoms with Gasteiger partial charge in [0.1, 0.15) is 11.7 Å². The number of fused-ring (bicyclic) bond motifs is 3. The smallest absolute Gasteiger partial charge is 0.310 e. The average Bonchev–Trinajstić information content (AvgIpc) is 3.02. The number of alkyl halides is 1. The molecule has 0 radical (unpaired) electrons. The minimum Gasteiger partial charge on any atom is -0.466 e. The Labute approximate surface area is 177 Å². The zero-order chi connectivity index (χ0) is 20.4. The largest absolute Gasteiger partial charge is 0.466 e. The van der Waals surface area contributed by atoms with Gasteiger partial charge in [-0.3, -0.25) is 14.4 Å². The molecule has 0 bridgehead atoms. The first-order valence-corrected chi connectivity index (χ1v) is 11.0. The molecule has 0 saturated carbocycles. The molecule has 0 spiro atoms. The van der Waals surface area contributed by atoms with Crippen molar-refractivity contribution in [3.63, 3.8) is 0 Å². The first-order valence-electron chi connectivity index (χ1n) is 9.43. The third-order valence-corrected chi connectivity index (χ3v) is 5.97. The molecule has 29 heavy (non-hydrogen) atoms. The second-order valence-corrected chi connectivity index (χ2v) is 8.27. The van der Waals surface area contributed by atoms with Crippen molar-refractivity contribution in [2.75, 3.05) is 18.4 Å². The summed E-state index contributed by atoms with van der Waals surface area (Å²) >= 11 is 7.36. The van der Waals surface area contributed by atoms with E-state index >= 15 is 0 Å². The highest BCUT2D eigenvalue weighted by Gasteiger charge is 2.25. The number of aliphatic imine (C=N–C) groups is 1. The maximum absolute atomic E-state index is 14.0. The zero-order valence-electron chi connectivity index (χ0n) is 16.0. The number of nitrogens with zero attached hydrogens (tertiary/aromatic N) is 2. The number of rotatable bonds is 6. The van der Waals surface area contributed by atoms with Crippen LogP contribution < -0.4 is 0 Å². The van der Waals surface area contributed by atoms with E-state index in [0.29, 0.717) is 24.8 Å². The maximum atomic E-state index is 14.0. The van der Waals surface area contributed by atoms with Gasteiger partial charge in [-0.05, 0) is 42.8 Å². The molecule has 0 unspecified atom stereocenters. The van der Waals surface area contributed by atoms with Crippen LogP contribution in [0.15, 0.2) is 52.4 Å². The van der Waals surface area contributed by atoms with Gasteiger partial charge in [0.15, 0.2) is 0 Å². The summed E-state index contributed by atoms with van der Waals surface area (Å²) < 4.78 is 21.2. The standard InChI is InChI=1S/C22H20ClFN2O2S/c1-2-28-21(27)12-18-17-11-15(24)5-8-19(17)26-20(18)9-10-25-22(26)14-3-6-16(7-4-14)29-13-23/h3-8,11H,2,9-10,12-13H2,1H3. The number of aromatic nitrogens is 1. The van der Waals surface area contributed by atoms with E-state index in [1.54, 1.807) is 24.8 Å². The molecule has 150 valence electrons. The third kappa shape index (κ3) is 3.91. The monoisotopic (exact) mass is 430 g/mol. The lowest BCUT2D eigenvalue weighted by molar-refractivity contribution is -0.142. The molecule has 4 nitrogen and oxygen atoms in total. The number of carbonyl (C=O) groups excluding carboxylic acids is 1. The SMILES string of the molecule is CCOC(=O)Cc1c2n(c3ccc(F)cc13)C(c1ccc(SCCl)cc1)=NCC2. The second kappa shape index (κ2) is 8.59. The fraction of sp³-hybridized carbons (Fsp3) is 0.273. The van der Waals surface area contributed by atoms with Gasteiger partial charge >= 0.3 is 5.97 Å². The van der Waals surface area contributed by atoms with Gasteiger partial charge < -0.3 is 4.74 Å². The molecule has 0 N–H and O–H groups in total. The predicted octanol–water partition coefficient (Wildman–Crippen LogP) is 5.03. The van der Waals surface area contributed by atoms with Crippen LogP contribution in [0.1, 0.15) is 23.7 Å². The molecule has 0 atom stereocenters. The molecule has 0 saturated heterocycles. The molecule has 1 aromatic heterocycles. The van der Waals surface area contributed by atoms with Crippen LogP contribution in [0.5, 0.6) is 0 Å². The highest BCUT2D eigenvalue weighted by atomic mass is 35.5. The number of hydrogen-bond donors (Lipinski definition) is 0. The van der Waals surface area contributed by atoms with Crippen LogP contribution in [0.4, 0.5) is 4.39 Å². The normalized spacial score (nSPS) is 13.3. The van der Waals surface area contributed by atoms with Gasteiger partial charge in [-0.25, -0.2) is 4.39 Å². The van der Waals surface area contributed by atoms with E-state index in [2.05, 4.69) is 4.57 Å². The summed E-state index contributed by atoms with van der Waals surface area (Å²) in [4.78, 5) is 18.0. The van der Waals surface area contributed by atoms with Gasteiger partial charge in [0.05, 0.1) is 23.8 Å². The molecule has 4 rings (SSSR count). The van der Waals surface area contributed by atoms with Gasteiger partial charge in [0.2, 0.25) is 0 Å². The topological polar surface area (TPSA) is 43.6 Å². The Hall–Kier alpha value is -2.31. The summed E-state index contributed by atoms with van der Waals surface area (Å²) in [5.74, 6) is 0.172. The molecule has 1 aliphatic heterocycles. The number of halogens is 2. The molecule has 3 aromatic rings. The number of esters is 1. The van der Waals surface area contributed by atoms with Crippen LogP contribution >= 0.6 is 23.4 Å². The van der Waals surface area contributed by atoms with Crippen molar-refractivity contribution in [3.05, 3.63) is 65.1 Å². The summed E-state index contributed by atoms with van der Waals surface area (Å²) in [6.45, 7) is 2.71. The summed E-state index contributed by atoms with van der Waals surface area (Å²) in [5.41, 5.74) is 3.62. The molecule has 7 heteroatoms. The van der Waals surface area contributed by atoms with Crippen LogP contribution in [0.25, 0.3) is 10.9 Å². The van der Waals surface area contributed by atoms with Crippen molar-refractivity contribution in [2.24, 2.45) is 4.99 Å². The number of hydrogen-bond acceptors (Lipinski definition) is 4. The van der Waals surface area contributed by atoms with Crippen molar-refractivity contribution < 1.29 is 13.9 Å². The Morgan fingerprint density at radius 1 is 1.28 bits per heavy atom. The van der Waals surface area contributed by atoms with E-state index in [-0.39, 0.29) is 18.2 Å². The zero-order valence-corrected chi connectivity index (χ0v) is 17.5. The molecular formula is C22H20ClFN2O2S. The van der Waals surface area contributed by atoms with Crippen LogP contribution in [0.3, 0.4) is 0 Å². The lowest BCUT2D eigenvalue weighted by Gasteiger charge is -2.19. The van der Waals surface area contributed by atoms with Crippen molar-refractivity contribution in [2.45, 2.75) is 24.7 Å². The van der Waals surface area contributed by atoms with Crippen LogP contribution in [-0.2, 0) is 22.4 Å². The number of thioether (sulfide) groups is 1. The van der Waals surface area contributed by atoms with Crippen LogP contribution in [-0.4, -0.2) is 34.7 Å². The quantitative estimate of drug-likeness (QED) is 0.313. The Kier molecular flexibility index (Phi) is 5.92. The van der Waals surface area contributed by atoms with Gasteiger partial charge in [0, 0.05) is 34.5 Å². The molecule has 2 aromatic carbocycles. The van der Waals surface area contributed by atoms with Gasteiger partial charge in [-0.15, -0.1) is 23.4 Å². The van der Waals surface area contributed by atoms with E-state index in [9.17, 15) is 9.18 Å². The van der Waals surface area contributed by atoms with Crippen LogP contribution in [0, 0.1) is 5.82 Å². The molecular weight excluding hydrogens is 411 g/mol. The number of benzene rings is 2. The number of carbonyl (C=O) groups is 1. The first kappa shape index (κ1) is 20.0. The van der Waals surface area contributed by atoms with Gasteiger partial charge in [-0.2, -0.15) is 0 Å². The van der Waals surface area contributed by atoms with Gasteiger partial charge in [-0.1, -0.05) is 12.1 Å². The first-order chi connectivity index (χ1) is 14.1. The Morgan fingerprint density at radius 2 is 2.07 bits per heavy atom. The minimum absolute atomic E-state index is 0.120. The van der Waals surface area contributed by atoms with E-state index in [1.165, 1.54) is 12.1 Å². The van der Waals surface area contributed by atoms with Crippen molar-refractivity contribution in [1.29, 1.82) is 0 Å². The van der Waals surface area contributed by atoms with E-state index < -0.39 is 0 Å². The van der Waals surface area contributed by atoms with E-state index in [4.69, 9.17) is 21.3 Å². The molecule has 0 amide bonds.